The lowest BCUT2D eigenvalue weighted by Gasteiger charge is -2.39. The van der Waals surface area contributed by atoms with E-state index in [-0.39, 0.29) is 17.5 Å². The molecule has 138 valence electrons. The van der Waals surface area contributed by atoms with Gasteiger partial charge in [0.25, 0.3) is 0 Å². The monoisotopic (exact) mass is 374 g/mol. The number of halogens is 1. The Balaban J connectivity index is 1.49. The van der Waals surface area contributed by atoms with Gasteiger partial charge in [-0.05, 0) is 30.4 Å². The first-order valence-corrected chi connectivity index (χ1v) is 9.33. The third-order valence-electron chi connectivity index (χ3n) is 5.56. The van der Waals surface area contributed by atoms with Crippen LogP contribution in [0, 0.1) is 5.41 Å². The normalized spacial score (nSPS) is 20.8. The zero-order valence-electron chi connectivity index (χ0n) is 14.8. The van der Waals surface area contributed by atoms with E-state index in [1.165, 1.54) is 11.1 Å². The van der Waals surface area contributed by atoms with Gasteiger partial charge in [-0.25, -0.2) is 4.79 Å². The number of carbonyl (C=O) groups excluding carboxylic acids is 1. The predicted octanol–water partition coefficient (Wildman–Crippen LogP) is 2.97. The number of urea groups is 1. The molecule has 2 N–H and O–H groups in total. The fourth-order valence-electron chi connectivity index (χ4n) is 4.23. The maximum absolute atomic E-state index is 12.6. The summed E-state index contributed by atoms with van der Waals surface area (Å²) >= 11 is 6.11. The number of nitrogens with zero attached hydrogens (tertiary/aromatic N) is 2. The Morgan fingerprint density at radius 2 is 2.15 bits per heavy atom. The van der Waals surface area contributed by atoms with E-state index >= 15 is 0 Å². The highest BCUT2D eigenvalue weighted by atomic mass is 35.5. The Labute approximate surface area is 157 Å². The van der Waals surface area contributed by atoms with Crippen molar-refractivity contribution in [2.24, 2.45) is 12.5 Å². The average Bonchev–Trinajstić information content (AvgIpc) is 3.10. The van der Waals surface area contributed by atoms with Crippen LogP contribution in [0.1, 0.15) is 35.7 Å². The van der Waals surface area contributed by atoms with Crippen LogP contribution in [0.3, 0.4) is 0 Å². The summed E-state index contributed by atoms with van der Waals surface area (Å²) in [6.45, 7) is 1.80. The first-order chi connectivity index (χ1) is 12.6. The standard InChI is InChI=1S/C19H23ClN4O2/c1-24-12-15(20)16(23-24)11-21-18(25)22-17-14-5-3-2-4-13(14)10-19(17)6-8-26-9-7-19/h2-5,12,17H,6-11H2,1H3,(H2,21,22,25)/t17-/m0/s1. The SMILES string of the molecule is Cn1cc(Cl)c(CNC(=O)N[C@H]2c3ccccc3CC23CCOCC3)n1. The Bertz CT molecular complexity index is 814. The highest BCUT2D eigenvalue weighted by Gasteiger charge is 2.47. The zero-order valence-corrected chi connectivity index (χ0v) is 15.6. The van der Waals surface area contributed by atoms with E-state index in [2.05, 4.69) is 33.9 Å². The highest BCUT2D eigenvalue weighted by Crippen LogP contribution is 2.51. The minimum Gasteiger partial charge on any atom is -0.381 e. The molecule has 2 aliphatic rings. The molecule has 1 spiro atoms. The summed E-state index contributed by atoms with van der Waals surface area (Å²) in [5, 5.41) is 10.9. The third kappa shape index (κ3) is 3.19. The van der Waals surface area contributed by atoms with Crippen molar-refractivity contribution in [1.29, 1.82) is 0 Å². The predicted molar refractivity (Wildman–Crippen MR) is 99.0 cm³/mol. The zero-order chi connectivity index (χ0) is 18.1. The van der Waals surface area contributed by atoms with Crippen molar-refractivity contribution in [3.63, 3.8) is 0 Å². The topological polar surface area (TPSA) is 68.2 Å². The Kier molecular flexibility index (Phi) is 4.63. The number of hydrogen-bond acceptors (Lipinski definition) is 3. The molecule has 7 heteroatoms. The molecule has 6 nitrogen and oxygen atoms in total. The minimum atomic E-state index is -0.195. The van der Waals surface area contributed by atoms with E-state index in [9.17, 15) is 4.79 Å². The number of nitrogens with one attached hydrogen (secondary N) is 2. The van der Waals surface area contributed by atoms with E-state index in [0.717, 1.165) is 32.5 Å². The summed E-state index contributed by atoms with van der Waals surface area (Å²) in [7, 11) is 1.81. The van der Waals surface area contributed by atoms with Crippen LogP contribution in [-0.4, -0.2) is 29.0 Å². The molecule has 1 saturated heterocycles. The largest absolute Gasteiger partial charge is 0.381 e. The number of benzene rings is 1. The number of rotatable bonds is 3. The van der Waals surface area contributed by atoms with Crippen LogP contribution in [0.25, 0.3) is 0 Å². The van der Waals surface area contributed by atoms with Gasteiger partial charge < -0.3 is 15.4 Å². The molecular weight excluding hydrogens is 352 g/mol. The lowest BCUT2D eigenvalue weighted by atomic mass is 9.74. The molecule has 26 heavy (non-hydrogen) atoms. The van der Waals surface area contributed by atoms with E-state index in [4.69, 9.17) is 16.3 Å². The molecule has 2 heterocycles. The van der Waals surface area contributed by atoms with Gasteiger partial charge in [0.1, 0.15) is 5.69 Å². The van der Waals surface area contributed by atoms with Crippen LogP contribution in [-0.2, 0) is 24.8 Å². The van der Waals surface area contributed by atoms with Gasteiger partial charge in [0, 0.05) is 31.9 Å². The smallest absolute Gasteiger partial charge is 0.315 e. The third-order valence-corrected chi connectivity index (χ3v) is 5.87. The molecule has 4 rings (SSSR count). The van der Waals surface area contributed by atoms with Gasteiger partial charge in [0.2, 0.25) is 0 Å². The van der Waals surface area contributed by atoms with Gasteiger partial charge in [0.05, 0.1) is 17.6 Å². The fraction of sp³-hybridized carbons (Fsp3) is 0.474. The molecule has 0 unspecified atom stereocenters. The summed E-state index contributed by atoms with van der Waals surface area (Å²) in [5.74, 6) is 0. The number of carbonyl (C=O) groups is 1. The molecule has 1 aromatic heterocycles. The lowest BCUT2D eigenvalue weighted by Crippen LogP contribution is -2.45. The highest BCUT2D eigenvalue weighted by molar-refractivity contribution is 6.31. The van der Waals surface area contributed by atoms with Gasteiger partial charge in [-0.15, -0.1) is 0 Å². The van der Waals surface area contributed by atoms with E-state index in [0.29, 0.717) is 17.3 Å². The van der Waals surface area contributed by atoms with Gasteiger partial charge >= 0.3 is 6.03 Å². The van der Waals surface area contributed by atoms with Crippen molar-refractivity contribution in [2.75, 3.05) is 13.2 Å². The second-order valence-corrected chi connectivity index (χ2v) is 7.61. The fourth-order valence-corrected chi connectivity index (χ4v) is 4.48. The van der Waals surface area contributed by atoms with Gasteiger partial charge in [-0.3, -0.25) is 4.68 Å². The Hall–Kier alpha value is -2.05. The maximum atomic E-state index is 12.6. The molecular formula is C19H23ClN4O2. The van der Waals surface area contributed by atoms with E-state index in [1.54, 1.807) is 17.9 Å². The second kappa shape index (κ2) is 6.93. The molecule has 2 aromatic rings. The first kappa shape index (κ1) is 17.4. The maximum Gasteiger partial charge on any atom is 0.315 e. The second-order valence-electron chi connectivity index (χ2n) is 7.21. The molecule has 1 atom stereocenters. The summed E-state index contributed by atoms with van der Waals surface area (Å²) in [4.78, 5) is 12.6. The molecule has 0 radical (unpaired) electrons. The van der Waals surface area contributed by atoms with Crippen molar-refractivity contribution in [3.05, 3.63) is 52.3 Å². The molecule has 1 aliphatic carbocycles. The molecule has 1 aromatic carbocycles. The first-order valence-electron chi connectivity index (χ1n) is 8.95. The lowest BCUT2D eigenvalue weighted by molar-refractivity contribution is 0.00213. The van der Waals surface area contributed by atoms with Crippen LogP contribution in [0.2, 0.25) is 5.02 Å². The van der Waals surface area contributed by atoms with Crippen molar-refractivity contribution in [2.45, 2.75) is 31.8 Å². The summed E-state index contributed by atoms with van der Waals surface area (Å²) in [5.41, 5.74) is 3.26. The quantitative estimate of drug-likeness (QED) is 0.867. The van der Waals surface area contributed by atoms with Gasteiger partial charge in [0.15, 0.2) is 0 Å². The van der Waals surface area contributed by atoms with Gasteiger partial charge in [-0.2, -0.15) is 5.10 Å². The van der Waals surface area contributed by atoms with Crippen LogP contribution in [0.15, 0.2) is 30.5 Å². The van der Waals surface area contributed by atoms with Crippen LogP contribution in [0.5, 0.6) is 0 Å². The number of amides is 2. The van der Waals surface area contributed by atoms with Gasteiger partial charge in [-0.1, -0.05) is 35.9 Å². The Morgan fingerprint density at radius 1 is 1.38 bits per heavy atom. The number of hydrogen-bond donors (Lipinski definition) is 2. The number of aryl methyl sites for hydroxylation is 1. The number of aromatic nitrogens is 2. The number of ether oxygens (including phenoxy) is 1. The van der Waals surface area contributed by atoms with Crippen molar-refractivity contribution in [3.8, 4) is 0 Å². The van der Waals surface area contributed by atoms with Crippen molar-refractivity contribution < 1.29 is 9.53 Å². The molecule has 1 aliphatic heterocycles. The van der Waals surface area contributed by atoms with Crippen LogP contribution in [0.4, 0.5) is 4.79 Å². The van der Waals surface area contributed by atoms with Crippen molar-refractivity contribution >= 4 is 17.6 Å². The molecule has 0 bridgehead atoms. The van der Waals surface area contributed by atoms with E-state index in [1.807, 2.05) is 6.07 Å². The number of fused-ring (bicyclic) bond motifs is 1. The summed E-state index contributed by atoms with van der Waals surface area (Å²) in [6, 6.07) is 8.20. The minimum absolute atomic E-state index is 0.00167. The van der Waals surface area contributed by atoms with Crippen LogP contribution >= 0.6 is 11.6 Å². The summed E-state index contributed by atoms with van der Waals surface area (Å²) < 4.78 is 7.22. The Morgan fingerprint density at radius 3 is 2.88 bits per heavy atom. The molecule has 2 amide bonds. The molecule has 1 fully saturated rings. The average molecular weight is 375 g/mol. The molecule has 0 saturated carbocycles. The van der Waals surface area contributed by atoms with Crippen LogP contribution < -0.4 is 10.6 Å². The van der Waals surface area contributed by atoms with E-state index < -0.39 is 0 Å². The summed E-state index contributed by atoms with van der Waals surface area (Å²) in [6.07, 6.45) is 4.63. The van der Waals surface area contributed by atoms with Crippen molar-refractivity contribution in [1.82, 2.24) is 20.4 Å².